The van der Waals surface area contributed by atoms with Crippen LogP contribution in [-0.4, -0.2) is 10.5 Å². The second kappa shape index (κ2) is 5.36. The molecule has 1 amide bonds. The van der Waals surface area contributed by atoms with E-state index in [0.29, 0.717) is 22.9 Å². The first-order valence-electron chi connectivity index (χ1n) is 6.04. The number of rotatable bonds is 3. The van der Waals surface area contributed by atoms with Crippen LogP contribution in [0.15, 0.2) is 30.5 Å². The summed E-state index contributed by atoms with van der Waals surface area (Å²) in [6.45, 7) is 4.55. The number of aromatic nitrogens is 1. The summed E-state index contributed by atoms with van der Waals surface area (Å²) >= 11 is 5.89. The van der Waals surface area contributed by atoms with Crippen LogP contribution in [0.25, 0.3) is 0 Å². The van der Waals surface area contributed by atoms with Gasteiger partial charge in [0.15, 0.2) is 0 Å². The first kappa shape index (κ1) is 13.5. The van der Waals surface area contributed by atoms with Gasteiger partial charge in [-0.3, -0.25) is 4.79 Å². The van der Waals surface area contributed by atoms with E-state index >= 15 is 0 Å². The van der Waals surface area contributed by atoms with E-state index in [4.69, 9.17) is 17.3 Å². The number of benzene rings is 1. The number of halogens is 1. The molecule has 1 aromatic heterocycles. The predicted octanol–water partition coefficient (Wildman–Crippen LogP) is 3.30. The van der Waals surface area contributed by atoms with Gasteiger partial charge in [0, 0.05) is 23.5 Å². The molecule has 0 aliphatic heterocycles. The summed E-state index contributed by atoms with van der Waals surface area (Å²) < 4.78 is 1.82. The summed E-state index contributed by atoms with van der Waals surface area (Å²) in [4.78, 5) is 12.2. The highest BCUT2D eigenvalue weighted by molar-refractivity contribution is 6.30. The lowest BCUT2D eigenvalue weighted by Gasteiger charge is -2.10. The molecule has 0 atom stereocenters. The third-order valence-electron chi connectivity index (χ3n) is 2.93. The molecule has 0 bridgehead atoms. The zero-order chi connectivity index (χ0) is 14.0. The van der Waals surface area contributed by atoms with Gasteiger partial charge >= 0.3 is 0 Å². The van der Waals surface area contributed by atoms with Crippen molar-refractivity contribution in [2.45, 2.75) is 20.4 Å². The second-order valence-corrected chi connectivity index (χ2v) is 4.79. The highest BCUT2D eigenvalue weighted by Gasteiger charge is 2.13. The van der Waals surface area contributed by atoms with Gasteiger partial charge in [-0.2, -0.15) is 0 Å². The van der Waals surface area contributed by atoms with E-state index in [1.807, 2.05) is 24.5 Å². The van der Waals surface area contributed by atoms with Crippen molar-refractivity contribution in [1.82, 2.24) is 4.57 Å². The fraction of sp³-hybridized carbons (Fsp3) is 0.214. The van der Waals surface area contributed by atoms with Crippen molar-refractivity contribution >= 4 is 28.9 Å². The summed E-state index contributed by atoms with van der Waals surface area (Å²) in [5.74, 6) is -0.177. The number of nitrogens with two attached hydrogens (primary N) is 1. The van der Waals surface area contributed by atoms with Crippen LogP contribution in [0.1, 0.15) is 23.0 Å². The molecular weight excluding hydrogens is 262 g/mol. The molecule has 0 spiro atoms. The van der Waals surface area contributed by atoms with Crippen LogP contribution in [0.5, 0.6) is 0 Å². The number of hydrogen-bond acceptors (Lipinski definition) is 2. The molecule has 0 aliphatic rings. The number of carbonyl (C=O) groups excluding carboxylic acids is 1. The van der Waals surface area contributed by atoms with Crippen LogP contribution >= 0.6 is 11.6 Å². The zero-order valence-corrected chi connectivity index (χ0v) is 11.7. The molecule has 5 heteroatoms. The van der Waals surface area contributed by atoms with Crippen molar-refractivity contribution in [3.63, 3.8) is 0 Å². The lowest BCUT2D eigenvalue weighted by molar-refractivity contribution is 0.101. The Hall–Kier alpha value is -1.94. The van der Waals surface area contributed by atoms with Gasteiger partial charge in [-0.1, -0.05) is 11.6 Å². The summed E-state index contributed by atoms with van der Waals surface area (Å²) in [6.07, 6.45) is 1.75. The number of anilines is 2. The minimum atomic E-state index is -0.177. The maximum Gasteiger partial charge on any atom is 0.272 e. The largest absolute Gasteiger partial charge is 0.397 e. The molecule has 0 saturated carbocycles. The smallest absolute Gasteiger partial charge is 0.272 e. The Morgan fingerprint density at radius 2 is 2.16 bits per heavy atom. The average Bonchev–Trinajstić information content (AvgIpc) is 2.74. The first-order chi connectivity index (χ1) is 9.01. The molecule has 0 saturated heterocycles. The van der Waals surface area contributed by atoms with E-state index in [2.05, 4.69) is 5.32 Å². The van der Waals surface area contributed by atoms with Crippen molar-refractivity contribution < 1.29 is 4.79 Å². The molecule has 1 heterocycles. The van der Waals surface area contributed by atoms with E-state index < -0.39 is 0 Å². The van der Waals surface area contributed by atoms with E-state index in [-0.39, 0.29) is 5.91 Å². The normalized spacial score (nSPS) is 10.5. The summed E-state index contributed by atoms with van der Waals surface area (Å²) in [7, 11) is 0. The van der Waals surface area contributed by atoms with Gasteiger partial charge in [-0.05, 0) is 43.7 Å². The molecule has 2 aromatic rings. The van der Waals surface area contributed by atoms with E-state index in [0.717, 1.165) is 11.3 Å². The minimum absolute atomic E-state index is 0.177. The summed E-state index contributed by atoms with van der Waals surface area (Å²) in [6, 6.07) is 7.02. The summed E-state index contributed by atoms with van der Waals surface area (Å²) in [5.41, 5.74) is 8.52. The number of aryl methyl sites for hydroxylation is 2. The Morgan fingerprint density at radius 1 is 1.42 bits per heavy atom. The average molecular weight is 278 g/mol. The number of nitrogens with zero attached hydrogens (tertiary/aromatic N) is 1. The zero-order valence-electron chi connectivity index (χ0n) is 10.9. The molecule has 100 valence electrons. The Labute approximate surface area is 117 Å². The van der Waals surface area contributed by atoms with Crippen molar-refractivity contribution in [1.29, 1.82) is 0 Å². The Bertz CT molecular complexity index is 619. The maximum atomic E-state index is 12.2. The molecular formula is C14H16ClN3O. The van der Waals surface area contributed by atoms with Gasteiger partial charge in [-0.25, -0.2) is 0 Å². The number of nitrogens with one attached hydrogen (secondary N) is 1. The van der Waals surface area contributed by atoms with Crippen molar-refractivity contribution in [3.8, 4) is 0 Å². The fourth-order valence-corrected chi connectivity index (χ4v) is 2.17. The van der Waals surface area contributed by atoms with E-state index in [9.17, 15) is 4.79 Å². The number of nitrogen functional groups attached to an aromatic ring is 1. The summed E-state index contributed by atoms with van der Waals surface area (Å²) in [5, 5.41) is 3.52. The third kappa shape index (κ3) is 2.90. The quantitative estimate of drug-likeness (QED) is 0.904. The molecule has 1 aromatic carbocycles. The van der Waals surface area contributed by atoms with Crippen LogP contribution in [0, 0.1) is 6.92 Å². The van der Waals surface area contributed by atoms with Gasteiger partial charge in [-0.15, -0.1) is 0 Å². The van der Waals surface area contributed by atoms with Gasteiger partial charge in [0.2, 0.25) is 0 Å². The number of hydrogen-bond donors (Lipinski definition) is 2. The number of amides is 1. The van der Waals surface area contributed by atoms with E-state index in [1.165, 1.54) is 0 Å². The molecule has 2 rings (SSSR count). The van der Waals surface area contributed by atoms with Crippen molar-refractivity contribution in [3.05, 3.63) is 46.7 Å². The Balaban J connectivity index is 2.25. The van der Waals surface area contributed by atoms with Gasteiger partial charge in [0.25, 0.3) is 5.91 Å². The maximum absolute atomic E-state index is 12.2. The molecule has 4 nitrogen and oxygen atoms in total. The second-order valence-electron chi connectivity index (χ2n) is 4.36. The lowest BCUT2D eigenvalue weighted by Crippen LogP contribution is -2.16. The monoisotopic (exact) mass is 277 g/mol. The third-order valence-corrected chi connectivity index (χ3v) is 3.16. The molecule has 0 radical (unpaired) electrons. The molecule has 0 unspecified atom stereocenters. The Kier molecular flexibility index (Phi) is 3.81. The van der Waals surface area contributed by atoms with Gasteiger partial charge in [0.05, 0.1) is 5.69 Å². The topological polar surface area (TPSA) is 60.0 Å². The molecule has 0 fully saturated rings. The van der Waals surface area contributed by atoms with Crippen molar-refractivity contribution in [2.24, 2.45) is 0 Å². The molecule has 0 aliphatic carbocycles. The highest BCUT2D eigenvalue weighted by atomic mass is 35.5. The molecule has 19 heavy (non-hydrogen) atoms. The van der Waals surface area contributed by atoms with Crippen LogP contribution in [0.4, 0.5) is 11.4 Å². The van der Waals surface area contributed by atoms with Gasteiger partial charge < -0.3 is 15.6 Å². The minimum Gasteiger partial charge on any atom is -0.397 e. The molecule has 3 N–H and O–H groups in total. The number of carbonyl (C=O) groups is 1. The highest BCUT2D eigenvalue weighted by Crippen LogP contribution is 2.21. The van der Waals surface area contributed by atoms with Crippen LogP contribution in [-0.2, 0) is 6.54 Å². The Morgan fingerprint density at radius 3 is 2.79 bits per heavy atom. The SMILES string of the molecule is CCn1cc(N)cc1C(=O)Nc1ccc(Cl)cc1C. The first-order valence-corrected chi connectivity index (χ1v) is 6.42. The van der Waals surface area contributed by atoms with E-state index in [1.54, 1.807) is 24.4 Å². The predicted molar refractivity (Wildman–Crippen MR) is 78.7 cm³/mol. The van der Waals surface area contributed by atoms with Crippen LogP contribution < -0.4 is 11.1 Å². The standard InChI is InChI=1S/C14H16ClN3O/c1-3-18-8-11(16)7-13(18)14(19)17-12-5-4-10(15)6-9(12)2/h4-8H,3,16H2,1-2H3,(H,17,19). The van der Waals surface area contributed by atoms with Crippen LogP contribution in [0.2, 0.25) is 5.02 Å². The van der Waals surface area contributed by atoms with Crippen LogP contribution in [0.3, 0.4) is 0 Å². The van der Waals surface area contributed by atoms with Gasteiger partial charge in [0.1, 0.15) is 5.69 Å². The van der Waals surface area contributed by atoms with Crippen molar-refractivity contribution in [2.75, 3.05) is 11.1 Å². The fourth-order valence-electron chi connectivity index (χ4n) is 1.94. The lowest BCUT2D eigenvalue weighted by atomic mass is 10.2.